The van der Waals surface area contributed by atoms with E-state index in [4.69, 9.17) is 11.6 Å². The van der Waals surface area contributed by atoms with E-state index in [1.165, 1.54) is 18.2 Å². The maximum Gasteiger partial charge on any atom is 0.459 e. The molecule has 0 saturated heterocycles. The monoisotopic (exact) mass is 499 g/mol. The van der Waals surface area contributed by atoms with Crippen LogP contribution in [0.5, 0.6) is 0 Å². The Hall–Kier alpha value is -3.29. The van der Waals surface area contributed by atoms with Crippen LogP contribution in [0.2, 0.25) is 5.02 Å². The van der Waals surface area contributed by atoms with Crippen molar-refractivity contribution in [1.29, 1.82) is 0 Å². The second-order valence-electron chi connectivity index (χ2n) is 6.78. The van der Waals surface area contributed by atoms with Crippen LogP contribution in [0.15, 0.2) is 30.6 Å². The molecule has 2 heterocycles. The van der Waals surface area contributed by atoms with Crippen molar-refractivity contribution < 1.29 is 40.6 Å². The number of halogens is 8. The van der Waals surface area contributed by atoms with Crippen LogP contribution < -0.4 is 4.90 Å². The first kappa shape index (κ1) is 24.4. The highest BCUT2D eigenvalue weighted by atomic mass is 35.5. The summed E-state index contributed by atoms with van der Waals surface area (Å²) in [5.41, 5.74) is -2.91. The first-order valence-corrected chi connectivity index (χ1v) is 9.15. The second kappa shape index (κ2) is 8.24. The lowest BCUT2D eigenvalue weighted by Crippen LogP contribution is -2.36. The van der Waals surface area contributed by atoms with Crippen LogP contribution in [-0.2, 0) is 13.0 Å². The van der Waals surface area contributed by atoms with Gasteiger partial charge in [-0.3, -0.25) is 0 Å². The number of carboxylic acid groups (broad SMARTS) is 1. The molecule has 15 heteroatoms. The van der Waals surface area contributed by atoms with Crippen LogP contribution in [0.1, 0.15) is 16.1 Å². The van der Waals surface area contributed by atoms with Crippen molar-refractivity contribution in [3.63, 3.8) is 0 Å². The molecule has 2 aromatic heterocycles. The van der Waals surface area contributed by atoms with Crippen LogP contribution in [0, 0.1) is 0 Å². The number of aryl methyl sites for hydroxylation is 1. The van der Waals surface area contributed by atoms with Crippen LogP contribution in [-0.4, -0.2) is 50.4 Å². The number of aromatic carboxylic acids is 1. The highest BCUT2D eigenvalue weighted by Gasteiger charge is 2.62. The first-order chi connectivity index (χ1) is 15.2. The van der Waals surface area contributed by atoms with E-state index >= 15 is 0 Å². The average molecular weight is 500 g/mol. The van der Waals surface area contributed by atoms with Gasteiger partial charge in [-0.1, -0.05) is 17.7 Å². The van der Waals surface area contributed by atoms with Gasteiger partial charge in [0.05, 0.1) is 16.8 Å². The largest absolute Gasteiger partial charge is 0.478 e. The minimum Gasteiger partial charge on any atom is -0.478 e. The van der Waals surface area contributed by atoms with Gasteiger partial charge in [-0.15, -0.1) is 0 Å². The first-order valence-electron chi connectivity index (χ1n) is 8.78. The van der Waals surface area contributed by atoms with E-state index in [9.17, 15) is 40.6 Å². The van der Waals surface area contributed by atoms with Crippen molar-refractivity contribution in [3.8, 4) is 16.9 Å². The van der Waals surface area contributed by atoms with Gasteiger partial charge in [-0.25, -0.2) is 14.2 Å². The molecule has 0 radical (unpaired) electrons. The lowest BCUT2D eigenvalue weighted by Gasteiger charge is -2.23. The number of hydrogen-bond acceptors (Lipinski definition) is 4. The highest BCUT2D eigenvalue weighted by Crippen LogP contribution is 2.48. The predicted octanol–water partition coefficient (Wildman–Crippen LogP) is 4.94. The zero-order chi connectivity index (χ0) is 24.9. The maximum absolute atomic E-state index is 14.1. The third-order valence-electron chi connectivity index (χ3n) is 4.62. The Balaban J connectivity index is 2.20. The molecule has 1 aromatic carbocycles. The summed E-state index contributed by atoms with van der Waals surface area (Å²) < 4.78 is 95.3. The van der Waals surface area contributed by atoms with Crippen molar-refractivity contribution in [1.82, 2.24) is 19.6 Å². The normalized spacial score (nSPS) is 12.5. The predicted molar refractivity (Wildman–Crippen MR) is 102 cm³/mol. The number of benzene rings is 1. The lowest BCUT2D eigenvalue weighted by molar-refractivity contribution is -0.290. The summed E-state index contributed by atoms with van der Waals surface area (Å²) in [6, 6.07) is 3.87. The molecule has 1 N–H and O–H groups in total. The summed E-state index contributed by atoms with van der Waals surface area (Å²) in [6.45, 7) is -3.44. The zero-order valence-electron chi connectivity index (χ0n) is 16.6. The number of anilines is 1. The molecule has 7 nitrogen and oxygen atoms in total. The van der Waals surface area contributed by atoms with E-state index in [1.54, 1.807) is 0 Å². The highest BCUT2D eigenvalue weighted by molar-refractivity contribution is 6.33. The fraction of sp³-hybridized carbons (Fsp3) is 0.278. The number of rotatable bonds is 6. The molecule has 0 atom stereocenters. The van der Waals surface area contributed by atoms with Gasteiger partial charge < -0.3 is 10.0 Å². The van der Waals surface area contributed by atoms with Crippen molar-refractivity contribution in [2.75, 3.05) is 11.9 Å². The van der Waals surface area contributed by atoms with Gasteiger partial charge in [0.25, 0.3) is 0 Å². The van der Waals surface area contributed by atoms with Gasteiger partial charge in [-0.2, -0.15) is 40.9 Å². The van der Waals surface area contributed by atoms with Crippen LogP contribution >= 0.6 is 11.6 Å². The molecule has 0 amide bonds. The molecular weight excluding hydrogens is 487 g/mol. The second-order valence-corrected chi connectivity index (χ2v) is 7.19. The van der Waals surface area contributed by atoms with Gasteiger partial charge in [0.15, 0.2) is 11.5 Å². The average Bonchev–Trinajstić information content (AvgIpc) is 3.31. The van der Waals surface area contributed by atoms with E-state index in [1.807, 2.05) is 0 Å². The Bertz CT molecular complexity index is 1210. The molecule has 0 fully saturated rings. The molecule has 0 aliphatic heterocycles. The fourth-order valence-electron chi connectivity index (χ4n) is 2.99. The van der Waals surface area contributed by atoms with Gasteiger partial charge in [0.1, 0.15) is 5.69 Å². The summed E-state index contributed by atoms with van der Waals surface area (Å²) in [4.78, 5) is 11.2. The van der Waals surface area contributed by atoms with Crippen LogP contribution in [0.25, 0.3) is 16.9 Å². The third-order valence-corrected chi connectivity index (χ3v) is 4.95. The minimum atomic E-state index is -6.10. The standard InChI is InChI=1S/C18H13ClF7N5O2/c1-29(16(20)21)12-13(17(22,23)18(24,25)26)28-30(2)14(12)31-7-9(6-27-31)8-3-4-11(19)10(5-8)15(32)33/h3-7,16H,1-2H3,(H,32,33). The minimum absolute atomic E-state index is 0.0647. The number of alkyl halides is 7. The number of nitrogens with zero attached hydrogens (tertiary/aromatic N) is 5. The van der Waals surface area contributed by atoms with Crippen molar-refractivity contribution in [2.24, 2.45) is 7.05 Å². The summed E-state index contributed by atoms with van der Waals surface area (Å²) in [5.74, 6) is -7.47. The Kier molecular flexibility index (Phi) is 6.08. The smallest absolute Gasteiger partial charge is 0.459 e. The lowest BCUT2D eigenvalue weighted by atomic mass is 10.1. The molecule has 0 bridgehead atoms. The Morgan fingerprint density at radius 1 is 1.18 bits per heavy atom. The van der Waals surface area contributed by atoms with E-state index in [0.717, 1.165) is 24.1 Å². The van der Waals surface area contributed by atoms with Gasteiger partial charge in [0, 0.05) is 25.9 Å². The molecule has 0 aliphatic rings. The Morgan fingerprint density at radius 2 is 1.82 bits per heavy atom. The van der Waals surface area contributed by atoms with Crippen LogP contribution in [0.4, 0.5) is 36.4 Å². The molecule has 3 rings (SSSR count). The molecular formula is C18H13ClF7N5O2. The molecule has 0 aliphatic carbocycles. The molecule has 33 heavy (non-hydrogen) atoms. The number of aromatic nitrogens is 4. The summed E-state index contributed by atoms with van der Waals surface area (Å²) >= 11 is 5.82. The van der Waals surface area contributed by atoms with E-state index in [-0.39, 0.29) is 26.6 Å². The summed E-state index contributed by atoms with van der Waals surface area (Å²) in [6.07, 6.45) is -3.83. The Labute approximate surface area is 185 Å². The zero-order valence-corrected chi connectivity index (χ0v) is 17.3. The summed E-state index contributed by atoms with van der Waals surface area (Å²) in [5, 5.41) is 16.2. The quantitative estimate of drug-likeness (QED) is 0.384. The summed E-state index contributed by atoms with van der Waals surface area (Å²) in [7, 11) is 1.62. The van der Waals surface area contributed by atoms with Gasteiger partial charge in [0.2, 0.25) is 0 Å². The van der Waals surface area contributed by atoms with Crippen LogP contribution in [0.3, 0.4) is 0 Å². The number of carbonyl (C=O) groups is 1. The van der Waals surface area contributed by atoms with Gasteiger partial charge >= 0.3 is 24.6 Å². The molecule has 178 valence electrons. The van der Waals surface area contributed by atoms with Crippen molar-refractivity contribution in [3.05, 3.63) is 46.9 Å². The van der Waals surface area contributed by atoms with Crippen molar-refractivity contribution in [2.45, 2.75) is 18.6 Å². The van der Waals surface area contributed by atoms with Gasteiger partial charge in [-0.05, 0) is 17.7 Å². The Morgan fingerprint density at radius 3 is 2.36 bits per heavy atom. The van der Waals surface area contributed by atoms with E-state index in [2.05, 4.69) is 10.2 Å². The maximum atomic E-state index is 14.1. The van der Waals surface area contributed by atoms with E-state index < -0.39 is 41.8 Å². The topological polar surface area (TPSA) is 76.2 Å². The van der Waals surface area contributed by atoms with E-state index in [0.29, 0.717) is 11.7 Å². The molecule has 3 aromatic rings. The van der Waals surface area contributed by atoms with Crippen molar-refractivity contribution >= 4 is 23.3 Å². The number of carboxylic acids is 1. The third kappa shape index (κ3) is 4.21. The molecule has 0 unspecified atom stereocenters. The SMILES string of the molecule is CN(c1c(C(F)(F)C(F)(F)F)nn(C)c1-n1cc(-c2ccc(Cl)c(C(=O)O)c2)cn1)C(F)F. The molecule has 0 spiro atoms. The fourth-order valence-corrected chi connectivity index (χ4v) is 3.18. The number of hydrogen-bond donors (Lipinski definition) is 1. The molecule has 0 saturated carbocycles.